The van der Waals surface area contributed by atoms with Crippen LogP contribution in [0.2, 0.25) is 0 Å². The Labute approximate surface area is 117 Å². The normalized spacial score (nSPS) is 13.8. The molecule has 3 rings (SSSR count). The molecule has 0 unspecified atom stereocenters. The van der Waals surface area contributed by atoms with Crippen molar-refractivity contribution < 1.29 is 9.59 Å². The maximum atomic E-state index is 12.2. The fraction of sp³-hybridized carbons (Fsp3) is 0.176. The van der Waals surface area contributed by atoms with Gasteiger partial charge in [0.2, 0.25) is 0 Å². The molecule has 0 fully saturated rings. The molecule has 0 saturated carbocycles. The lowest BCUT2D eigenvalue weighted by atomic mass is 10.1. The second kappa shape index (κ2) is 4.93. The monoisotopic (exact) mass is 265 g/mol. The molecule has 0 N–H and O–H groups in total. The zero-order valence-corrected chi connectivity index (χ0v) is 11.3. The molecule has 1 aliphatic heterocycles. The highest BCUT2D eigenvalue weighted by Gasteiger charge is 2.34. The number of imide groups is 1. The standard InChI is InChI=1S/C17H15NO2/c1-12-5-4-6-13(11-12)9-10-18-16(19)14-7-2-3-8-15(14)17(18)20/h2-8,11H,9-10H2,1H3. The SMILES string of the molecule is Cc1cccc(CCN2C(=O)c3ccccc3C2=O)c1. The second-order valence-corrected chi connectivity index (χ2v) is 5.05. The molecule has 0 aliphatic carbocycles. The quantitative estimate of drug-likeness (QED) is 0.800. The van der Waals surface area contributed by atoms with Crippen molar-refractivity contribution in [1.29, 1.82) is 0 Å². The van der Waals surface area contributed by atoms with Crippen molar-refractivity contribution in [2.24, 2.45) is 0 Å². The summed E-state index contributed by atoms with van der Waals surface area (Å²) in [7, 11) is 0. The maximum absolute atomic E-state index is 12.2. The van der Waals surface area contributed by atoms with Crippen LogP contribution in [0.15, 0.2) is 48.5 Å². The van der Waals surface area contributed by atoms with E-state index >= 15 is 0 Å². The van der Waals surface area contributed by atoms with Crippen molar-refractivity contribution in [3.8, 4) is 0 Å². The lowest BCUT2D eigenvalue weighted by molar-refractivity contribution is 0.0656. The molecule has 0 radical (unpaired) electrons. The number of hydrogen-bond acceptors (Lipinski definition) is 2. The van der Waals surface area contributed by atoms with Crippen molar-refractivity contribution >= 4 is 11.8 Å². The number of aryl methyl sites for hydroxylation is 1. The molecular formula is C17H15NO2. The van der Waals surface area contributed by atoms with Crippen LogP contribution in [-0.2, 0) is 6.42 Å². The predicted octanol–water partition coefficient (Wildman–Crippen LogP) is 2.83. The number of carbonyl (C=O) groups is 2. The first-order valence-corrected chi connectivity index (χ1v) is 6.67. The summed E-state index contributed by atoms with van der Waals surface area (Å²) in [6, 6.07) is 15.1. The van der Waals surface area contributed by atoms with E-state index in [0.29, 0.717) is 24.1 Å². The Morgan fingerprint density at radius 2 is 1.55 bits per heavy atom. The van der Waals surface area contributed by atoms with E-state index in [-0.39, 0.29) is 11.8 Å². The third-order valence-electron chi connectivity index (χ3n) is 3.58. The number of hydrogen-bond donors (Lipinski definition) is 0. The number of benzene rings is 2. The molecule has 0 saturated heterocycles. The minimum atomic E-state index is -0.182. The summed E-state index contributed by atoms with van der Waals surface area (Å²) in [6.07, 6.45) is 0.688. The van der Waals surface area contributed by atoms with E-state index in [1.807, 2.05) is 25.1 Å². The Morgan fingerprint density at radius 1 is 0.900 bits per heavy atom. The van der Waals surface area contributed by atoms with Gasteiger partial charge in [-0.1, -0.05) is 42.0 Å². The summed E-state index contributed by atoms with van der Waals surface area (Å²) in [4.78, 5) is 25.7. The molecule has 3 nitrogen and oxygen atoms in total. The molecule has 1 heterocycles. The summed E-state index contributed by atoms with van der Waals surface area (Å²) in [6.45, 7) is 2.46. The van der Waals surface area contributed by atoms with E-state index in [4.69, 9.17) is 0 Å². The van der Waals surface area contributed by atoms with Crippen LogP contribution >= 0.6 is 0 Å². The zero-order valence-electron chi connectivity index (χ0n) is 11.3. The highest BCUT2D eigenvalue weighted by atomic mass is 16.2. The van der Waals surface area contributed by atoms with Crippen LogP contribution in [0, 0.1) is 6.92 Å². The van der Waals surface area contributed by atoms with Crippen LogP contribution in [0.25, 0.3) is 0 Å². The fourth-order valence-electron chi connectivity index (χ4n) is 2.55. The van der Waals surface area contributed by atoms with Crippen molar-refractivity contribution in [2.45, 2.75) is 13.3 Å². The number of fused-ring (bicyclic) bond motifs is 1. The average molecular weight is 265 g/mol. The fourth-order valence-corrected chi connectivity index (χ4v) is 2.55. The van der Waals surface area contributed by atoms with Gasteiger partial charge in [0, 0.05) is 6.54 Å². The number of rotatable bonds is 3. The smallest absolute Gasteiger partial charge is 0.261 e. The van der Waals surface area contributed by atoms with Gasteiger partial charge in [-0.3, -0.25) is 14.5 Å². The van der Waals surface area contributed by atoms with Gasteiger partial charge in [-0.05, 0) is 31.0 Å². The van der Waals surface area contributed by atoms with Gasteiger partial charge in [-0.25, -0.2) is 0 Å². The van der Waals surface area contributed by atoms with Gasteiger partial charge in [0.15, 0.2) is 0 Å². The molecule has 0 atom stereocenters. The van der Waals surface area contributed by atoms with E-state index < -0.39 is 0 Å². The van der Waals surface area contributed by atoms with Crippen LogP contribution in [0.4, 0.5) is 0 Å². The van der Waals surface area contributed by atoms with Gasteiger partial charge in [-0.2, -0.15) is 0 Å². The Bertz CT molecular complexity index is 656. The van der Waals surface area contributed by atoms with Crippen molar-refractivity contribution in [1.82, 2.24) is 4.90 Å². The minimum absolute atomic E-state index is 0.182. The van der Waals surface area contributed by atoms with E-state index in [1.54, 1.807) is 24.3 Å². The van der Waals surface area contributed by atoms with Crippen molar-refractivity contribution in [3.63, 3.8) is 0 Å². The molecule has 2 aromatic rings. The Hall–Kier alpha value is -2.42. The van der Waals surface area contributed by atoms with Gasteiger partial charge in [0.1, 0.15) is 0 Å². The van der Waals surface area contributed by atoms with Crippen LogP contribution in [0.1, 0.15) is 31.8 Å². The second-order valence-electron chi connectivity index (χ2n) is 5.05. The summed E-state index contributed by atoms with van der Waals surface area (Å²) >= 11 is 0. The molecule has 1 aliphatic rings. The molecular weight excluding hydrogens is 250 g/mol. The molecule has 0 aromatic heterocycles. The molecule has 0 bridgehead atoms. The first kappa shape index (κ1) is 12.6. The van der Waals surface area contributed by atoms with Gasteiger partial charge in [0.05, 0.1) is 11.1 Å². The molecule has 2 amide bonds. The molecule has 3 heteroatoms. The number of amides is 2. The van der Waals surface area contributed by atoms with E-state index in [9.17, 15) is 9.59 Å². The van der Waals surface area contributed by atoms with Gasteiger partial charge >= 0.3 is 0 Å². The zero-order chi connectivity index (χ0) is 14.1. The topological polar surface area (TPSA) is 37.4 Å². The largest absolute Gasteiger partial charge is 0.274 e. The van der Waals surface area contributed by atoms with Crippen molar-refractivity contribution in [3.05, 3.63) is 70.8 Å². The number of carbonyl (C=O) groups excluding carboxylic acids is 2. The predicted molar refractivity (Wildman–Crippen MR) is 76.7 cm³/mol. The highest BCUT2D eigenvalue weighted by Crippen LogP contribution is 2.22. The third-order valence-corrected chi connectivity index (χ3v) is 3.58. The maximum Gasteiger partial charge on any atom is 0.261 e. The van der Waals surface area contributed by atoms with E-state index in [0.717, 1.165) is 5.56 Å². The lowest BCUT2D eigenvalue weighted by Crippen LogP contribution is -2.31. The average Bonchev–Trinajstić information content (AvgIpc) is 2.70. The molecule has 2 aromatic carbocycles. The summed E-state index contributed by atoms with van der Waals surface area (Å²) in [5, 5.41) is 0. The van der Waals surface area contributed by atoms with Crippen molar-refractivity contribution in [2.75, 3.05) is 6.54 Å². The Morgan fingerprint density at radius 3 is 2.15 bits per heavy atom. The molecule has 100 valence electrons. The van der Waals surface area contributed by atoms with Gasteiger partial charge < -0.3 is 0 Å². The van der Waals surface area contributed by atoms with Crippen LogP contribution in [-0.4, -0.2) is 23.3 Å². The highest BCUT2D eigenvalue weighted by molar-refractivity contribution is 6.21. The minimum Gasteiger partial charge on any atom is -0.274 e. The first-order chi connectivity index (χ1) is 9.66. The number of nitrogens with zero attached hydrogens (tertiary/aromatic N) is 1. The summed E-state index contributed by atoms with van der Waals surface area (Å²) in [5.41, 5.74) is 3.36. The van der Waals surface area contributed by atoms with Crippen LogP contribution in [0.5, 0.6) is 0 Å². The third kappa shape index (κ3) is 2.11. The van der Waals surface area contributed by atoms with Crippen LogP contribution < -0.4 is 0 Å². The lowest BCUT2D eigenvalue weighted by Gasteiger charge is -2.13. The van der Waals surface area contributed by atoms with E-state index in [2.05, 4.69) is 6.07 Å². The summed E-state index contributed by atoms with van der Waals surface area (Å²) in [5.74, 6) is -0.364. The van der Waals surface area contributed by atoms with Crippen LogP contribution in [0.3, 0.4) is 0 Å². The first-order valence-electron chi connectivity index (χ1n) is 6.67. The summed E-state index contributed by atoms with van der Waals surface area (Å²) < 4.78 is 0. The van der Waals surface area contributed by atoms with Gasteiger partial charge in [0.25, 0.3) is 11.8 Å². The Kier molecular flexibility index (Phi) is 3.11. The molecule has 20 heavy (non-hydrogen) atoms. The molecule has 0 spiro atoms. The Balaban J connectivity index is 1.77. The van der Waals surface area contributed by atoms with Gasteiger partial charge in [-0.15, -0.1) is 0 Å². The van der Waals surface area contributed by atoms with E-state index in [1.165, 1.54) is 10.5 Å².